The van der Waals surface area contributed by atoms with Crippen molar-refractivity contribution in [3.05, 3.63) is 53.6 Å². The number of nitrogens with zero attached hydrogens (tertiary/aromatic N) is 2. The van der Waals surface area contributed by atoms with Crippen molar-refractivity contribution in [2.45, 2.75) is 51.7 Å². The second-order valence-corrected chi connectivity index (χ2v) is 11.0. The lowest BCUT2D eigenvalue weighted by molar-refractivity contribution is -0.139. The molecule has 1 aliphatic heterocycles. The molecular formula is C31H41N3O6. The van der Waals surface area contributed by atoms with Crippen molar-refractivity contribution < 1.29 is 28.6 Å². The number of nitrogens with one attached hydrogen (secondary N) is 1. The molecule has 3 amide bonds. The molecule has 1 fully saturated rings. The highest BCUT2D eigenvalue weighted by Gasteiger charge is 2.34. The van der Waals surface area contributed by atoms with E-state index < -0.39 is 0 Å². The molecule has 2 aliphatic rings. The van der Waals surface area contributed by atoms with Crippen molar-refractivity contribution in [3.63, 3.8) is 0 Å². The third-order valence-electron chi connectivity index (χ3n) is 8.02. The predicted molar refractivity (Wildman–Crippen MR) is 153 cm³/mol. The molecule has 1 N–H and O–H groups in total. The van der Waals surface area contributed by atoms with Gasteiger partial charge in [0.15, 0.2) is 0 Å². The quantitative estimate of drug-likeness (QED) is 0.589. The first-order valence-corrected chi connectivity index (χ1v) is 14.0. The number of methoxy groups -OCH3 is 2. The number of carbonyl (C=O) groups excluding carboxylic acids is 3. The van der Waals surface area contributed by atoms with E-state index in [9.17, 15) is 14.4 Å². The van der Waals surface area contributed by atoms with Crippen LogP contribution in [0.2, 0.25) is 0 Å². The fourth-order valence-electron chi connectivity index (χ4n) is 5.53. The zero-order valence-electron chi connectivity index (χ0n) is 24.1. The Bertz CT molecular complexity index is 1210. The van der Waals surface area contributed by atoms with Crippen molar-refractivity contribution in [2.75, 3.05) is 46.3 Å². The zero-order chi connectivity index (χ0) is 28.8. The smallest absolute Gasteiger partial charge is 0.257 e. The van der Waals surface area contributed by atoms with Crippen LogP contribution in [0.4, 0.5) is 5.69 Å². The van der Waals surface area contributed by atoms with Gasteiger partial charge < -0.3 is 29.3 Å². The summed E-state index contributed by atoms with van der Waals surface area (Å²) in [5.41, 5.74) is 1.31. The van der Waals surface area contributed by atoms with Crippen LogP contribution in [0.3, 0.4) is 0 Å². The Morgan fingerprint density at radius 3 is 2.48 bits per heavy atom. The maximum absolute atomic E-state index is 13.6. The van der Waals surface area contributed by atoms with Gasteiger partial charge in [-0.1, -0.05) is 25.8 Å². The Labute approximate surface area is 236 Å². The predicted octanol–water partition coefficient (Wildman–Crippen LogP) is 4.47. The summed E-state index contributed by atoms with van der Waals surface area (Å²) < 4.78 is 17.3. The van der Waals surface area contributed by atoms with E-state index in [-0.39, 0.29) is 48.3 Å². The second-order valence-electron chi connectivity index (χ2n) is 11.0. The van der Waals surface area contributed by atoms with Crippen LogP contribution in [0.1, 0.15) is 60.2 Å². The van der Waals surface area contributed by atoms with E-state index in [4.69, 9.17) is 14.2 Å². The number of carbonyl (C=O) groups is 3. The average molecular weight is 552 g/mol. The number of hydrogen-bond donors (Lipinski definition) is 1. The van der Waals surface area contributed by atoms with Gasteiger partial charge in [-0.3, -0.25) is 14.4 Å². The molecule has 9 heteroatoms. The molecule has 1 aliphatic carbocycles. The molecule has 1 saturated carbocycles. The molecule has 4 rings (SSSR count). The lowest BCUT2D eigenvalue weighted by atomic mass is 9.99. The van der Waals surface area contributed by atoms with Crippen molar-refractivity contribution in [1.82, 2.24) is 9.80 Å². The topological polar surface area (TPSA) is 97.4 Å². The summed E-state index contributed by atoms with van der Waals surface area (Å²) in [4.78, 5) is 43.6. The lowest BCUT2D eigenvalue weighted by Gasteiger charge is -2.37. The minimum atomic E-state index is -0.311. The number of anilines is 1. The van der Waals surface area contributed by atoms with Gasteiger partial charge in [0.2, 0.25) is 5.91 Å². The Morgan fingerprint density at radius 1 is 1.02 bits per heavy atom. The summed E-state index contributed by atoms with van der Waals surface area (Å²) in [7, 11) is 4.93. The monoisotopic (exact) mass is 551 g/mol. The fourth-order valence-corrected chi connectivity index (χ4v) is 5.53. The SMILES string of the molecule is COc1cccc(C(=O)Nc2ccc3c(c2)OC[C@H](C)N(C(=O)C2CCCC2)C[C@H](C)[C@@H](OC)CN(C)C3=O)c1. The van der Waals surface area contributed by atoms with Gasteiger partial charge in [-0.05, 0) is 50.1 Å². The van der Waals surface area contributed by atoms with Crippen molar-refractivity contribution in [2.24, 2.45) is 11.8 Å². The van der Waals surface area contributed by atoms with Crippen molar-refractivity contribution in [3.8, 4) is 11.5 Å². The maximum Gasteiger partial charge on any atom is 0.257 e. The Kier molecular flexibility index (Phi) is 9.68. The first-order chi connectivity index (χ1) is 19.2. The molecule has 0 aromatic heterocycles. The van der Waals surface area contributed by atoms with E-state index in [0.29, 0.717) is 41.4 Å². The minimum Gasteiger partial charge on any atom is -0.497 e. The molecule has 0 bridgehead atoms. The van der Waals surface area contributed by atoms with Gasteiger partial charge >= 0.3 is 0 Å². The summed E-state index contributed by atoms with van der Waals surface area (Å²) in [6.07, 6.45) is 3.75. The number of rotatable bonds is 5. The molecule has 0 unspecified atom stereocenters. The van der Waals surface area contributed by atoms with Crippen LogP contribution in [0.15, 0.2) is 42.5 Å². The number of amides is 3. The van der Waals surface area contributed by atoms with Gasteiger partial charge in [0.25, 0.3) is 11.8 Å². The van der Waals surface area contributed by atoms with Crippen molar-refractivity contribution in [1.29, 1.82) is 0 Å². The van der Waals surface area contributed by atoms with Gasteiger partial charge in [0, 0.05) is 56.4 Å². The number of hydrogen-bond acceptors (Lipinski definition) is 6. The Balaban J connectivity index is 1.63. The highest BCUT2D eigenvalue weighted by Crippen LogP contribution is 2.30. The molecule has 40 heavy (non-hydrogen) atoms. The maximum atomic E-state index is 13.6. The van der Waals surface area contributed by atoms with Gasteiger partial charge in [0.1, 0.15) is 18.1 Å². The van der Waals surface area contributed by atoms with Gasteiger partial charge in [-0.15, -0.1) is 0 Å². The standard InChI is InChI=1S/C31H41N3O6/c1-20-17-34(30(36)22-9-6-7-10-22)21(2)19-40-27-16-24(32-29(35)23-11-8-12-25(15-23)38-4)13-14-26(27)31(37)33(3)18-28(20)39-5/h8,11-16,20-22,28H,6-7,9-10,17-19H2,1-5H3,(H,32,35)/t20-,21-,28-/m0/s1. The summed E-state index contributed by atoms with van der Waals surface area (Å²) in [6, 6.07) is 11.7. The number of fused-ring (bicyclic) bond motifs is 1. The van der Waals surface area contributed by atoms with Gasteiger partial charge in [0.05, 0.1) is 24.8 Å². The van der Waals surface area contributed by atoms with Crippen LogP contribution in [0, 0.1) is 11.8 Å². The number of benzene rings is 2. The average Bonchev–Trinajstić information content (AvgIpc) is 3.51. The van der Waals surface area contributed by atoms with Crippen LogP contribution in [0.25, 0.3) is 0 Å². The molecule has 3 atom stereocenters. The molecule has 1 heterocycles. The fraction of sp³-hybridized carbons (Fsp3) is 0.516. The number of ether oxygens (including phenoxy) is 3. The lowest BCUT2D eigenvalue weighted by Crippen LogP contribution is -2.50. The zero-order valence-corrected chi connectivity index (χ0v) is 24.1. The van der Waals surface area contributed by atoms with Gasteiger partial charge in [-0.25, -0.2) is 0 Å². The van der Waals surface area contributed by atoms with Crippen LogP contribution in [0.5, 0.6) is 11.5 Å². The van der Waals surface area contributed by atoms with E-state index in [1.165, 1.54) is 0 Å². The third-order valence-corrected chi connectivity index (χ3v) is 8.02. The van der Waals surface area contributed by atoms with E-state index >= 15 is 0 Å². The number of likely N-dealkylation sites (N-methyl/N-ethyl adjacent to an activating group) is 1. The molecule has 2 aromatic rings. The highest BCUT2D eigenvalue weighted by molar-refractivity contribution is 6.05. The molecular weight excluding hydrogens is 510 g/mol. The third kappa shape index (κ3) is 6.75. The summed E-state index contributed by atoms with van der Waals surface area (Å²) in [5, 5.41) is 2.89. The summed E-state index contributed by atoms with van der Waals surface area (Å²) in [5.74, 6) is 0.631. The van der Waals surface area contributed by atoms with Crippen molar-refractivity contribution >= 4 is 23.4 Å². The molecule has 9 nitrogen and oxygen atoms in total. The molecule has 2 aromatic carbocycles. The largest absolute Gasteiger partial charge is 0.497 e. The van der Waals surface area contributed by atoms with E-state index in [2.05, 4.69) is 12.2 Å². The van der Waals surface area contributed by atoms with Crippen LogP contribution in [-0.4, -0.2) is 80.6 Å². The second kappa shape index (κ2) is 13.2. The molecule has 216 valence electrons. The van der Waals surface area contributed by atoms with Gasteiger partial charge in [-0.2, -0.15) is 0 Å². The minimum absolute atomic E-state index is 0.0150. The first-order valence-electron chi connectivity index (χ1n) is 14.0. The molecule has 0 radical (unpaired) electrons. The summed E-state index contributed by atoms with van der Waals surface area (Å²) >= 11 is 0. The first kappa shape index (κ1) is 29.4. The van der Waals surface area contributed by atoms with Crippen LogP contribution >= 0.6 is 0 Å². The highest BCUT2D eigenvalue weighted by atomic mass is 16.5. The van der Waals surface area contributed by atoms with Crippen LogP contribution in [-0.2, 0) is 9.53 Å². The summed E-state index contributed by atoms with van der Waals surface area (Å²) in [6.45, 7) is 5.13. The normalized spacial score (nSPS) is 22.5. The molecule has 0 spiro atoms. The Morgan fingerprint density at radius 2 is 1.77 bits per heavy atom. The van der Waals surface area contributed by atoms with Crippen LogP contribution < -0.4 is 14.8 Å². The Hall–Kier alpha value is -3.59. The van der Waals surface area contributed by atoms with E-state index in [1.54, 1.807) is 68.6 Å². The van der Waals surface area contributed by atoms with E-state index in [1.807, 2.05) is 11.8 Å². The van der Waals surface area contributed by atoms with E-state index in [0.717, 1.165) is 25.7 Å². The molecule has 0 saturated heterocycles.